The SMILES string of the molecule is CC(C)(C)c1csc(CC(C)(O)C2CC2)n1. The maximum Gasteiger partial charge on any atom is 0.0957 e. The molecule has 0 spiro atoms. The van der Waals surface area contributed by atoms with E-state index in [2.05, 4.69) is 31.1 Å². The highest BCUT2D eigenvalue weighted by Gasteiger charge is 2.40. The standard InChI is InChI=1S/C13H21NOS/c1-12(2,3)10-8-16-11(14-10)7-13(4,15)9-5-6-9/h8-9,15H,5-7H2,1-4H3. The lowest BCUT2D eigenvalue weighted by atomic mass is 9.93. The molecule has 1 N–H and O–H groups in total. The predicted octanol–water partition coefficient (Wildman–Crippen LogP) is 3.14. The van der Waals surface area contributed by atoms with E-state index in [0.29, 0.717) is 12.3 Å². The largest absolute Gasteiger partial charge is 0.389 e. The molecule has 1 unspecified atom stereocenters. The van der Waals surface area contributed by atoms with Crippen LogP contribution in [0.3, 0.4) is 0 Å². The first-order valence-corrected chi connectivity index (χ1v) is 6.84. The van der Waals surface area contributed by atoms with Gasteiger partial charge in [0, 0.05) is 17.2 Å². The van der Waals surface area contributed by atoms with Crippen LogP contribution in [0.25, 0.3) is 0 Å². The van der Waals surface area contributed by atoms with Crippen LogP contribution in [0.2, 0.25) is 0 Å². The molecule has 2 rings (SSSR count). The topological polar surface area (TPSA) is 33.1 Å². The van der Waals surface area contributed by atoms with Gasteiger partial charge in [0.15, 0.2) is 0 Å². The summed E-state index contributed by atoms with van der Waals surface area (Å²) in [6, 6.07) is 0. The van der Waals surface area contributed by atoms with Crippen LogP contribution in [0, 0.1) is 5.92 Å². The van der Waals surface area contributed by atoms with Crippen molar-refractivity contribution >= 4 is 11.3 Å². The smallest absolute Gasteiger partial charge is 0.0957 e. The van der Waals surface area contributed by atoms with Crippen LogP contribution in [0.5, 0.6) is 0 Å². The summed E-state index contributed by atoms with van der Waals surface area (Å²) >= 11 is 1.68. The molecule has 1 aromatic rings. The summed E-state index contributed by atoms with van der Waals surface area (Å²) < 4.78 is 0. The highest BCUT2D eigenvalue weighted by Crippen LogP contribution is 2.41. The highest BCUT2D eigenvalue weighted by molar-refractivity contribution is 7.09. The molecule has 0 amide bonds. The Morgan fingerprint density at radius 2 is 2.00 bits per heavy atom. The zero-order valence-corrected chi connectivity index (χ0v) is 11.4. The summed E-state index contributed by atoms with van der Waals surface area (Å²) in [5.41, 5.74) is 0.701. The fourth-order valence-electron chi connectivity index (χ4n) is 1.89. The van der Waals surface area contributed by atoms with Crippen LogP contribution in [-0.4, -0.2) is 15.7 Å². The van der Waals surface area contributed by atoms with Crippen molar-refractivity contribution in [1.29, 1.82) is 0 Å². The Kier molecular flexibility index (Phi) is 2.87. The quantitative estimate of drug-likeness (QED) is 0.879. The van der Waals surface area contributed by atoms with E-state index in [9.17, 15) is 5.11 Å². The van der Waals surface area contributed by atoms with Gasteiger partial charge in [0.2, 0.25) is 0 Å². The summed E-state index contributed by atoms with van der Waals surface area (Å²) in [6.45, 7) is 8.46. The molecule has 1 atom stereocenters. The van der Waals surface area contributed by atoms with Gasteiger partial charge in [-0.05, 0) is 25.7 Å². The van der Waals surface area contributed by atoms with Crippen LogP contribution < -0.4 is 0 Å². The van der Waals surface area contributed by atoms with Gasteiger partial charge < -0.3 is 5.11 Å². The number of hydrogen-bond donors (Lipinski definition) is 1. The van der Waals surface area contributed by atoms with Crippen molar-refractivity contribution in [2.45, 2.75) is 58.0 Å². The molecule has 0 saturated heterocycles. The number of aliphatic hydroxyl groups is 1. The maximum atomic E-state index is 10.3. The highest BCUT2D eigenvalue weighted by atomic mass is 32.1. The molecule has 0 bridgehead atoms. The second-order valence-electron chi connectivity index (χ2n) is 6.18. The van der Waals surface area contributed by atoms with E-state index in [0.717, 1.165) is 10.7 Å². The lowest BCUT2D eigenvalue weighted by Crippen LogP contribution is -2.29. The van der Waals surface area contributed by atoms with Crippen molar-refractivity contribution in [3.63, 3.8) is 0 Å². The minimum absolute atomic E-state index is 0.111. The third kappa shape index (κ3) is 2.64. The predicted molar refractivity (Wildman–Crippen MR) is 67.9 cm³/mol. The molecule has 1 fully saturated rings. The van der Waals surface area contributed by atoms with Gasteiger partial charge >= 0.3 is 0 Å². The van der Waals surface area contributed by atoms with E-state index in [1.807, 2.05) is 6.92 Å². The first-order valence-electron chi connectivity index (χ1n) is 5.96. The van der Waals surface area contributed by atoms with Crippen molar-refractivity contribution in [1.82, 2.24) is 4.98 Å². The van der Waals surface area contributed by atoms with Crippen molar-refractivity contribution in [3.05, 3.63) is 16.1 Å². The fourth-order valence-corrected chi connectivity index (χ4v) is 3.07. The summed E-state index contributed by atoms with van der Waals surface area (Å²) in [4.78, 5) is 4.64. The molecule has 1 aromatic heterocycles. The first kappa shape index (κ1) is 12.1. The maximum absolute atomic E-state index is 10.3. The monoisotopic (exact) mass is 239 g/mol. The summed E-state index contributed by atoms with van der Waals surface area (Å²) in [7, 11) is 0. The zero-order valence-electron chi connectivity index (χ0n) is 10.6. The van der Waals surface area contributed by atoms with Gasteiger partial charge in [0.1, 0.15) is 0 Å². The number of rotatable bonds is 3. The molecular weight excluding hydrogens is 218 g/mol. The second-order valence-corrected chi connectivity index (χ2v) is 7.13. The Bertz CT molecular complexity index is 372. The first-order chi connectivity index (χ1) is 7.29. The van der Waals surface area contributed by atoms with Gasteiger partial charge in [0.05, 0.1) is 16.3 Å². The normalized spacial score (nSPS) is 20.8. The molecule has 90 valence electrons. The van der Waals surface area contributed by atoms with Gasteiger partial charge in [-0.15, -0.1) is 11.3 Å². The Balaban J connectivity index is 2.08. The zero-order chi connectivity index (χ0) is 12.0. The van der Waals surface area contributed by atoms with E-state index >= 15 is 0 Å². The molecule has 3 heteroatoms. The van der Waals surface area contributed by atoms with Crippen LogP contribution in [-0.2, 0) is 11.8 Å². The molecule has 1 aliphatic carbocycles. The molecule has 0 aromatic carbocycles. The molecular formula is C13H21NOS. The van der Waals surface area contributed by atoms with Crippen molar-refractivity contribution < 1.29 is 5.11 Å². The third-order valence-electron chi connectivity index (χ3n) is 3.29. The average molecular weight is 239 g/mol. The second kappa shape index (κ2) is 3.81. The summed E-state index contributed by atoms with van der Waals surface area (Å²) in [5.74, 6) is 0.495. The van der Waals surface area contributed by atoms with Gasteiger partial charge in [0.25, 0.3) is 0 Å². The number of nitrogens with zero attached hydrogens (tertiary/aromatic N) is 1. The van der Waals surface area contributed by atoms with Crippen LogP contribution in [0.1, 0.15) is 51.2 Å². The minimum atomic E-state index is -0.549. The van der Waals surface area contributed by atoms with E-state index in [1.165, 1.54) is 12.8 Å². The average Bonchev–Trinajstić information content (AvgIpc) is 2.87. The Morgan fingerprint density at radius 1 is 1.38 bits per heavy atom. The lowest BCUT2D eigenvalue weighted by Gasteiger charge is -2.21. The van der Waals surface area contributed by atoms with Gasteiger partial charge in [-0.25, -0.2) is 4.98 Å². The number of hydrogen-bond acceptors (Lipinski definition) is 3. The van der Waals surface area contributed by atoms with Gasteiger partial charge in [-0.2, -0.15) is 0 Å². The summed E-state index contributed by atoms with van der Waals surface area (Å²) in [6.07, 6.45) is 3.05. The molecule has 0 aliphatic heterocycles. The van der Waals surface area contributed by atoms with Crippen molar-refractivity contribution in [2.24, 2.45) is 5.92 Å². The van der Waals surface area contributed by atoms with E-state index in [1.54, 1.807) is 11.3 Å². The molecule has 0 radical (unpaired) electrons. The number of aromatic nitrogens is 1. The van der Waals surface area contributed by atoms with Crippen LogP contribution in [0.4, 0.5) is 0 Å². The fraction of sp³-hybridized carbons (Fsp3) is 0.769. The van der Waals surface area contributed by atoms with Crippen LogP contribution in [0.15, 0.2) is 5.38 Å². The number of thiazole rings is 1. The molecule has 1 heterocycles. The van der Waals surface area contributed by atoms with E-state index < -0.39 is 5.60 Å². The molecule has 1 aliphatic rings. The Hall–Kier alpha value is -0.410. The van der Waals surface area contributed by atoms with E-state index in [-0.39, 0.29) is 5.41 Å². The van der Waals surface area contributed by atoms with Gasteiger partial charge in [-0.1, -0.05) is 20.8 Å². The minimum Gasteiger partial charge on any atom is -0.389 e. The Labute approximate surface area is 102 Å². The molecule has 16 heavy (non-hydrogen) atoms. The molecule has 1 saturated carbocycles. The summed E-state index contributed by atoms with van der Waals surface area (Å²) in [5, 5.41) is 13.5. The van der Waals surface area contributed by atoms with Gasteiger partial charge in [-0.3, -0.25) is 0 Å². The van der Waals surface area contributed by atoms with Crippen molar-refractivity contribution in [2.75, 3.05) is 0 Å². The van der Waals surface area contributed by atoms with E-state index in [4.69, 9.17) is 0 Å². The Morgan fingerprint density at radius 3 is 2.44 bits per heavy atom. The van der Waals surface area contributed by atoms with Crippen molar-refractivity contribution in [3.8, 4) is 0 Å². The lowest BCUT2D eigenvalue weighted by molar-refractivity contribution is 0.0371. The third-order valence-corrected chi connectivity index (χ3v) is 4.13. The molecule has 2 nitrogen and oxygen atoms in total. The van der Waals surface area contributed by atoms with Crippen LogP contribution >= 0.6 is 11.3 Å².